The molecule has 32 heavy (non-hydrogen) atoms. The Morgan fingerprint density at radius 3 is 2.69 bits per heavy atom. The molecule has 0 spiro atoms. The lowest BCUT2D eigenvalue weighted by Crippen LogP contribution is -2.45. The zero-order valence-electron chi connectivity index (χ0n) is 17.5. The zero-order valence-corrected chi connectivity index (χ0v) is 19.0. The molecule has 2 N–H and O–H groups in total. The van der Waals surface area contributed by atoms with Gasteiger partial charge in [-0.15, -0.1) is 0 Å². The number of carbonyl (C=O) groups excluding carboxylic acids is 1. The minimum atomic E-state index is -0.660. The SMILES string of the molecule is O=C(NC[C@@H](O)CN1CCC(Oc2ccc(Cl)c(Cl)c2)CC1)c1ccc2ccccc2n1. The first-order valence-corrected chi connectivity index (χ1v) is 11.4. The summed E-state index contributed by atoms with van der Waals surface area (Å²) in [6.07, 6.45) is 1.13. The van der Waals surface area contributed by atoms with E-state index in [0.717, 1.165) is 36.8 Å². The van der Waals surface area contributed by atoms with Crippen LogP contribution in [-0.4, -0.2) is 59.3 Å². The van der Waals surface area contributed by atoms with Crippen molar-refractivity contribution in [2.24, 2.45) is 0 Å². The molecule has 0 saturated carbocycles. The molecule has 1 amide bonds. The highest BCUT2D eigenvalue weighted by Gasteiger charge is 2.23. The van der Waals surface area contributed by atoms with Crippen LogP contribution in [0, 0.1) is 0 Å². The van der Waals surface area contributed by atoms with Crippen LogP contribution in [-0.2, 0) is 0 Å². The summed E-state index contributed by atoms with van der Waals surface area (Å²) in [6.45, 7) is 2.28. The third-order valence-electron chi connectivity index (χ3n) is 5.53. The van der Waals surface area contributed by atoms with E-state index in [2.05, 4.69) is 15.2 Å². The molecule has 0 unspecified atom stereocenters. The van der Waals surface area contributed by atoms with Crippen molar-refractivity contribution in [1.82, 2.24) is 15.2 Å². The molecule has 0 bridgehead atoms. The Hall–Kier alpha value is -2.38. The molecule has 1 fully saturated rings. The Balaban J connectivity index is 1.20. The minimum absolute atomic E-state index is 0.0966. The zero-order chi connectivity index (χ0) is 22.5. The molecular weight excluding hydrogens is 449 g/mol. The third kappa shape index (κ3) is 5.90. The van der Waals surface area contributed by atoms with Crippen LogP contribution < -0.4 is 10.1 Å². The van der Waals surface area contributed by atoms with Crippen molar-refractivity contribution in [2.45, 2.75) is 25.0 Å². The largest absolute Gasteiger partial charge is 0.490 e. The number of hydrogen-bond acceptors (Lipinski definition) is 5. The Kier molecular flexibility index (Phi) is 7.48. The monoisotopic (exact) mass is 473 g/mol. The van der Waals surface area contributed by atoms with E-state index in [9.17, 15) is 9.90 Å². The standard InChI is InChI=1S/C24H25Cl2N3O3/c25-20-7-6-19(13-21(20)26)32-18-9-11-29(12-10-18)15-17(30)14-27-24(31)23-8-5-16-3-1-2-4-22(16)28-23/h1-8,13,17-18,30H,9-12,14-15H2,(H,27,31)/t17-/m1/s1. The summed E-state index contributed by atoms with van der Waals surface area (Å²) >= 11 is 12.0. The van der Waals surface area contributed by atoms with E-state index in [-0.39, 0.29) is 18.6 Å². The topological polar surface area (TPSA) is 74.7 Å². The lowest BCUT2D eigenvalue weighted by molar-refractivity contribution is 0.0593. The molecule has 4 rings (SSSR count). The highest BCUT2D eigenvalue weighted by molar-refractivity contribution is 6.42. The highest BCUT2D eigenvalue weighted by Crippen LogP contribution is 2.28. The summed E-state index contributed by atoms with van der Waals surface area (Å²) in [5.74, 6) is 0.423. The van der Waals surface area contributed by atoms with Gasteiger partial charge in [0, 0.05) is 37.6 Å². The highest BCUT2D eigenvalue weighted by atomic mass is 35.5. The number of aliphatic hydroxyl groups is 1. The number of piperidine rings is 1. The fraction of sp³-hybridized carbons (Fsp3) is 0.333. The summed E-state index contributed by atoms with van der Waals surface area (Å²) < 4.78 is 6.01. The normalized spacial score (nSPS) is 16.1. The second kappa shape index (κ2) is 10.5. The molecular formula is C24H25Cl2N3O3. The second-order valence-corrected chi connectivity index (χ2v) is 8.76. The van der Waals surface area contributed by atoms with Crippen molar-refractivity contribution in [2.75, 3.05) is 26.2 Å². The minimum Gasteiger partial charge on any atom is -0.490 e. The smallest absolute Gasteiger partial charge is 0.269 e. The number of halogens is 2. The van der Waals surface area contributed by atoms with Gasteiger partial charge in [-0.1, -0.05) is 47.5 Å². The third-order valence-corrected chi connectivity index (χ3v) is 6.27. The maximum Gasteiger partial charge on any atom is 0.269 e. The van der Waals surface area contributed by atoms with Gasteiger partial charge in [0.1, 0.15) is 17.5 Å². The molecule has 1 saturated heterocycles. The number of fused-ring (bicyclic) bond motifs is 1. The van der Waals surface area contributed by atoms with Gasteiger partial charge in [-0.3, -0.25) is 4.79 Å². The van der Waals surface area contributed by atoms with Gasteiger partial charge in [0.05, 0.1) is 21.7 Å². The molecule has 1 aromatic heterocycles. The van der Waals surface area contributed by atoms with Gasteiger partial charge in [0.25, 0.3) is 5.91 Å². The Morgan fingerprint density at radius 2 is 1.91 bits per heavy atom. The average molecular weight is 474 g/mol. The summed E-state index contributed by atoms with van der Waals surface area (Å²) in [5.41, 5.74) is 1.11. The van der Waals surface area contributed by atoms with Crippen molar-refractivity contribution in [3.63, 3.8) is 0 Å². The van der Waals surface area contributed by atoms with Gasteiger partial charge in [-0.05, 0) is 37.1 Å². The molecule has 2 heterocycles. The predicted molar refractivity (Wildman–Crippen MR) is 127 cm³/mol. The first kappa shape index (κ1) is 22.8. The van der Waals surface area contributed by atoms with E-state index in [1.807, 2.05) is 36.4 Å². The van der Waals surface area contributed by atoms with Crippen LogP contribution in [0.2, 0.25) is 10.0 Å². The number of benzene rings is 2. The number of nitrogens with zero attached hydrogens (tertiary/aromatic N) is 2. The average Bonchev–Trinajstić information content (AvgIpc) is 2.81. The Labute approximate surface area is 197 Å². The van der Waals surface area contributed by atoms with Crippen LogP contribution in [0.25, 0.3) is 10.9 Å². The molecule has 1 aliphatic rings. The van der Waals surface area contributed by atoms with E-state index in [0.29, 0.717) is 28.0 Å². The number of likely N-dealkylation sites (tertiary alicyclic amines) is 1. The van der Waals surface area contributed by atoms with Crippen LogP contribution >= 0.6 is 23.2 Å². The van der Waals surface area contributed by atoms with E-state index >= 15 is 0 Å². The predicted octanol–water partition coefficient (Wildman–Crippen LogP) is 4.18. The van der Waals surface area contributed by atoms with Crippen molar-refractivity contribution < 1.29 is 14.6 Å². The quantitative estimate of drug-likeness (QED) is 0.538. The Bertz CT molecular complexity index is 1090. The van der Waals surface area contributed by atoms with E-state index in [1.165, 1.54) is 0 Å². The van der Waals surface area contributed by atoms with Gasteiger partial charge in [-0.25, -0.2) is 4.98 Å². The number of para-hydroxylation sites is 1. The van der Waals surface area contributed by atoms with Crippen LogP contribution in [0.5, 0.6) is 5.75 Å². The summed E-state index contributed by atoms with van der Waals surface area (Å²) in [6, 6.07) is 16.5. The lowest BCUT2D eigenvalue weighted by Gasteiger charge is -2.33. The van der Waals surface area contributed by atoms with Gasteiger partial charge >= 0.3 is 0 Å². The number of aliphatic hydroxyl groups excluding tert-OH is 1. The number of hydrogen-bond donors (Lipinski definition) is 2. The lowest BCUT2D eigenvalue weighted by atomic mass is 10.1. The number of carbonyl (C=O) groups is 1. The molecule has 6 nitrogen and oxygen atoms in total. The molecule has 2 aromatic carbocycles. The number of β-amino-alcohol motifs (C(OH)–C–C–N with tert-alkyl or cyclic N) is 1. The first-order chi connectivity index (χ1) is 15.5. The summed E-state index contributed by atoms with van der Waals surface area (Å²) in [7, 11) is 0. The van der Waals surface area contributed by atoms with E-state index in [1.54, 1.807) is 18.2 Å². The molecule has 1 aliphatic heterocycles. The summed E-state index contributed by atoms with van der Waals surface area (Å²) in [5, 5.41) is 15.1. The number of aromatic nitrogens is 1. The van der Waals surface area contributed by atoms with Crippen molar-refractivity contribution in [3.8, 4) is 5.75 Å². The van der Waals surface area contributed by atoms with Gasteiger partial charge in [-0.2, -0.15) is 0 Å². The molecule has 0 aliphatic carbocycles. The molecule has 1 atom stereocenters. The number of ether oxygens (including phenoxy) is 1. The molecule has 3 aromatic rings. The van der Waals surface area contributed by atoms with Crippen molar-refractivity contribution in [1.29, 1.82) is 0 Å². The second-order valence-electron chi connectivity index (χ2n) is 7.95. The maximum absolute atomic E-state index is 12.4. The van der Waals surface area contributed by atoms with Gasteiger partial charge in [0.15, 0.2) is 0 Å². The molecule has 0 radical (unpaired) electrons. The van der Waals surface area contributed by atoms with Crippen molar-refractivity contribution >= 4 is 40.0 Å². The van der Waals surface area contributed by atoms with Gasteiger partial charge in [0.2, 0.25) is 0 Å². The number of nitrogens with one attached hydrogen (secondary N) is 1. The first-order valence-electron chi connectivity index (χ1n) is 10.6. The van der Waals surface area contributed by atoms with Crippen LogP contribution in [0.15, 0.2) is 54.6 Å². The molecule has 168 valence electrons. The maximum atomic E-state index is 12.4. The molecule has 8 heteroatoms. The number of rotatable bonds is 7. The van der Waals surface area contributed by atoms with Crippen molar-refractivity contribution in [3.05, 3.63) is 70.3 Å². The van der Waals surface area contributed by atoms with Gasteiger partial charge < -0.3 is 20.1 Å². The fourth-order valence-electron chi connectivity index (χ4n) is 3.81. The van der Waals surface area contributed by atoms with Crippen LogP contribution in [0.4, 0.5) is 0 Å². The van der Waals surface area contributed by atoms with E-state index < -0.39 is 6.10 Å². The van der Waals surface area contributed by atoms with E-state index in [4.69, 9.17) is 27.9 Å². The summed E-state index contributed by atoms with van der Waals surface area (Å²) in [4.78, 5) is 19.0. The fourth-order valence-corrected chi connectivity index (χ4v) is 4.10. The Morgan fingerprint density at radius 1 is 1.12 bits per heavy atom. The van der Waals surface area contributed by atoms with Crippen LogP contribution in [0.1, 0.15) is 23.3 Å². The van der Waals surface area contributed by atoms with Crippen LogP contribution in [0.3, 0.4) is 0 Å². The number of pyridine rings is 1. The number of amides is 1.